The topological polar surface area (TPSA) is 51.2 Å². The highest BCUT2D eigenvalue weighted by Gasteiger charge is 2.34. The molecule has 1 atom stereocenters. The molecule has 1 amide bonds. The molecule has 23 heavy (non-hydrogen) atoms. The van der Waals surface area contributed by atoms with E-state index < -0.39 is 0 Å². The van der Waals surface area contributed by atoms with Crippen LogP contribution in [-0.2, 0) is 4.79 Å². The molecule has 3 rings (SSSR count). The van der Waals surface area contributed by atoms with Crippen molar-refractivity contribution in [3.8, 4) is 5.75 Å². The molecule has 1 aliphatic carbocycles. The molecule has 120 valence electrons. The lowest BCUT2D eigenvalue weighted by Crippen LogP contribution is -2.31. The normalized spacial score (nSPS) is 15.0. The maximum absolute atomic E-state index is 12.2. The highest BCUT2D eigenvalue weighted by molar-refractivity contribution is 5.76. The summed E-state index contributed by atoms with van der Waals surface area (Å²) < 4.78 is 5.58. The Labute approximate surface area is 136 Å². The summed E-state index contributed by atoms with van der Waals surface area (Å²) in [6, 6.07) is 15.6. The molecule has 0 saturated heterocycles. The number of aryl methyl sites for hydroxylation is 1. The molecule has 2 aromatic rings. The van der Waals surface area contributed by atoms with Crippen LogP contribution in [0.5, 0.6) is 5.75 Å². The molecule has 0 radical (unpaired) electrons. The highest BCUT2D eigenvalue weighted by atomic mass is 16.5. The number of ether oxygens (including phenoxy) is 1. The Morgan fingerprint density at radius 1 is 1.22 bits per heavy atom. The number of carbonyl (C=O) groups is 1. The van der Waals surface area contributed by atoms with E-state index in [1.165, 1.54) is 0 Å². The molecule has 1 saturated carbocycles. The summed E-state index contributed by atoms with van der Waals surface area (Å²) in [7, 11) is 0. The van der Waals surface area contributed by atoms with Gasteiger partial charge in [-0.3, -0.25) is 9.78 Å². The van der Waals surface area contributed by atoms with Gasteiger partial charge >= 0.3 is 0 Å². The minimum absolute atomic E-state index is 0.0149. The molecule has 4 heteroatoms. The van der Waals surface area contributed by atoms with Crippen molar-refractivity contribution in [1.29, 1.82) is 0 Å². The van der Waals surface area contributed by atoms with Crippen molar-refractivity contribution < 1.29 is 9.53 Å². The van der Waals surface area contributed by atoms with Crippen molar-refractivity contribution in [2.24, 2.45) is 5.92 Å². The van der Waals surface area contributed by atoms with E-state index in [1.54, 1.807) is 0 Å². The zero-order valence-corrected chi connectivity index (χ0v) is 13.4. The van der Waals surface area contributed by atoms with Crippen LogP contribution in [0, 0.1) is 12.8 Å². The minimum atomic E-state index is 0.0149. The Morgan fingerprint density at radius 3 is 2.70 bits per heavy atom. The number of hydrogen-bond acceptors (Lipinski definition) is 3. The van der Waals surface area contributed by atoms with Crippen molar-refractivity contribution in [3.63, 3.8) is 0 Å². The van der Waals surface area contributed by atoms with Gasteiger partial charge < -0.3 is 10.1 Å². The van der Waals surface area contributed by atoms with E-state index in [0.29, 0.717) is 18.9 Å². The van der Waals surface area contributed by atoms with Crippen LogP contribution < -0.4 is 10.1 Å². The van der Waals surface area contributed by atoms with Gasteiger partial charge in [0.15, 0.2) is 0 Å². The average Bonchev–Trinajstić information content (AvgIpc) is 3.38. The van der Waals surface area contributed by atoms with Crippen molar-refractivity contribution in [2.45, 2.75) is 32.2 Å². The van der Waals surface area contributed by atoms with E-state index in [9.17, 15) is 4.79 Å². The highest BCUT2D eigenvalue weighted by Crippen LogP contribution is 2.40. The fourth-order valence-electron chi connectivity index (χ4n) is 2.62. The second kappa shape index (κ2) is 7.27. The summed E-state index contributed by atoms with van der Waals surface area (Å²) in [6.07, 6.45) is 2.66. The lowest BCUT2D eigenvalue weighted by atomic mass is 10.1. The van der Waals surface area contributed by atoms with E-state index in [2.05, 4.69) is 10.3 Å². The number of hydrogen-bond donors (Lipinski definition) is 1. The van der Waals surface area contributed by atoms with Gasteiger partial charge in [0.2, 0.25) is 5.91 Å². The van der Waals surface area contributed by atoms with Crippen molar-refractivity contribution in [3.05, 3.63) is 59.9 Å². The molecule has 0 aliphatic heterocycles. The first-order chi connectivity index (χ1) is 11.2. The quantitative estimate of drug-likeness (QED) is 0.852. The SMILES string of the molecule is Cc1cccc([C@@H](NC(=O)CCOc2ccccc2)C2CC2)n1. The largest absolute Gasteiger partial charge is 0.493 e. The summed E-state index contributed by atoms with van der Waals surface area (Å²) in [6.45, 7) is 2.36. The predicted molar refractivity (Wildman–Crippen MR) is 89.1 cm³/mol. The van der Waals surface area contributed by atoms with Crippen molar-refractivity contribution in [1.82, 2.24) is 10.3 Å². The van der Waals surface area contributed by atoms with Crippen LogP contribution in [0.15, 0.2) is 48.5 Å². The number of rotatable bonds is 7. The zero-order valence-electron chi connectivity index (χ0n) is 13.4. The summed E-state index contributed by atoms with van der Waals surface area (Å²) in [5, 5.41) is 3.13. The third kappa shape index (κ3) is 4.55. The Hall–Kier alpha value is -2.36. The monoisotopic (exact) mass is 310 g/mol. The molecule has 0 unspecified atom stereocenters. The van der Waals surface area contributed by atoms with Gasteiger partial charge in [0, 0.05) is 5.69 Å². The fraction of sp³-hybridized carbons (Fsp3) is 0.368. The molecule has 1 aromatic heterocycles. The minimum Gasteiger partial charge on any atom is -0.493 e. The van der Waals surface area contributed by atoms with Crippen LogP contribution in [0.4, 0.5) is 0 Å². The summed E-state index contributed by atoms with van der Waals surface area (Å²) in [4.78, 5) is 16.8. The summed E-state index contributed by atoms with van der Waals surface area (Å²) in [5.41, 5.74) is 1.94. The predicted octanol–water partition coefficient (Wildman–Crippen LogP) is 3.43. The lowest BCUT2D eigenvalue weighted by Gasteiger charge is -2.18. The van der Waals surface area contributed by atoms with Gasteiger partial charge in [-0.25, -0.2) is 0 Å². The second-order valence-corrected chi connectivity index (χ2v) is 6.00. The number of benzene rings is 1. The third-order valence-corrected chi connectivity index (χ3v) is 3.98. The first kappa shape index (κ1) is 15.5. The van der Waals surface area contributed by atoms with E-state index >= 15 is 0 Å². The number of amides is 1. The molecule has 1 aromatic carbocycles. The van der Waals surface area contributed by atoms with Crippen LogP contribution in [0.3, 0.4) is 0 Å². The summed E-state index contributed by atoms with van der Waals surface area (Å²) in [5.74, 6) is 1.32. The number of nitrogens with zero attached hydrogens (tertiary/aromatic N) is 1. The Morgan fingerprint density at radius 2 is 2.00 bits per heavy atom. The van der Waals surface area contributed by atoms with E-state index in [4.69, 9.17) is 4.74 Å². The Kier molecular flexibility index (Phi) is 4.91. The molecule has 1 fully saturated rings. The number of aromatic nitrogens is 1. The van der Waals surface area contributed by atoms with Gasteiger partial charge in [-0.1, -0.05) is 24.3 Å². The van der Waals surface area contributed by atoms with Gasteiger partial charge in [-0.15, -0.1) is 0 Å². The molecule has 1 N–H and O–H groups in total. The Balaban J connectivity index is 1.53. The number of pyridine rings is 1. The molecular weight excluding hydrogens is 288 g/mol. The molecule has 4 nitrogen and oxygen atoms in total. The van der Waals surface area contributed by atoms with Crippen LogP contribution in [0.25, 0.3) is 0 Å². The maximum Gasteiger partial charge on any atom is 0.223 e. The molecule has 1 aliphatic rings. The van der Waals surface area contributed by atoms with Crippen LogP contribution in [0.1, 0.15) is 36.7 Å². The Bertz CT molecular complexity index is 653. The van der Waals surface area contributed by atoms with Gasteiger partial charge in [-0.05, 0) is 49.9 Å². The van der Waals surface area contributed by atoms with Gasteiger partial charge in [0.25, 0.3) is 0 Å². The number of carbonyl (C=O) groups excluding carboxylic acids is 1. The van der Waals surface area contributed by atoms with Gasteiger partial charge in [-0.2, -0.15) is 0 Å². The van der Waals surface area contributed by atoms with E-state index in [0.717, 1.165) is 30.0 Å². The van der Waals surface area contributed by atoms with Gasteiger partial charge in [0.1, 0.15) is 5.75 Å². The van der Waals surface area contributed by atoms with Crippen molar-refractivity contribution in [2.75, 3.05) is 6.61 Å². The first-order valence-electron chi connectivity index (χ1n) is 8.13. The second-order valence-electron chi connectivity index (χ2n) is 6.00. The van der Waals surface area contributed by atoms with E-state index in [1.807, 2.05) is 55.5 Å². The van der Waals surface area contributed by atoms with Crippen LogP contribution >= 0.6 is 0 Å². The number of para-hydroxylation sites is 1. The first-order valence-corrected chi connectivity index (χ1v) is 8.13. The van der Waals surface area contributed by atoms with Crippen LogP contribution in [-0.4, -0.2) is 17.5 Å². The molecule has 1 heterocycles. The average molecular weight is 310 g/mol. The molecule has 0 bridgehead atoms. The molecule has 0 spiro atoms. The molecular formula is C19H22N2O2. The third-order valence-electron chi connectivity index (χ3n) is 3.98. The smallest absolute Gasteiger partial charge is 0.223 e. The number of nitrogens with one attached hydrogen (secondary N) is 1. The fourth-order valence-corrected chi connectivity index (χ4v) is 2.62. The van der Waals surface area contributed by atoms with E-state index in [-0.39, 0.29) is 11.9 Å². The van der Waals surface area contributed by atoms with Crippen LogP contribution in [0.2, 0.25) is 0 Å². The van der Waals surface area contributed by atoms with Crippen molar-refractivity contribution >= 4 is 5.91 Å². The lowest BCUT2D eigenvalue weighted by molar-refractivity contribution is -0.122. The van der Waals surface area contributed by atoms with Gasteiger partial charge in [0.05, 0.1) is 24.8 Å². The summed E-state index contributed by atoms with van der Waals surface area (Å²) >= 11 is 0. The zero-order chi connectivity index (χ0) is 16.1. The standard InChI is InChI=1S/C19H22N2O2/c1-14-6-5-9-17(20-14)19(15-10-11-15)21-18(22)12-13-23-16-7-3-2-4-8-16/h2-9,15,19H,10-13H2,1H3,(H,21,22)/t19-/m0/s1. The maximum atomic E-state index is 12.2.